The maximum absolute atomic E-state index is 12.3. The largest absolute Gasteiger partial charge is 0.484 e. The van der Waals surface area contributed by atoms with Gasteiger partial charge in [-0.15, -0.1) is 0 Å². The Morgan fingerprint density at radius 3 is 2.65 bits per heavy atom. The van der Waals surface area contributed by atoms with Gasteiger partial charge in [0.05, 0.1) is 23.1 Å². The van der Waals surface area contributed by atoms with E-state index in [4.69, 9.17) is 9.72 Å². The van der Waals surface area contributed by atoms with Crippen LogP contribution in [0.4, 0.5) is 5.95 Å². The van der Waals surface area contributed by atoms with Gasteiger partial charge in [-0.3, -0.25) is 4.79 Å². The Labute approximate surface area is 151 Å². The summed E-state index contributed by atoms with van der Waals surface area (Å²) in [5, 5.41) is 3.03. The summed E-state index contributed by atoms with van der Waals surface area (Å²) in [6, 6.07) is 15.5. The van der Waals surface area contributed by atoms with E-state index >= 15 is 0 Å². The molecular weight excluding hydrogens is 328 g/mol. The van der Waals surface area contributed by atoms with Gasteiger partial charge in [0.1, 0.15) is 11.4 Å². The lowest BCUT2D eigenvalue weighted by Gasteiger charge is -2.41. The number of aromatic amines is 1. The molecule has 3 aromatic rings. The van der Waals surface area contributed by atoms with Crippen LogP contribution in [0.3, 0.4) is 0 Å². The number of hydrogen-bond donors (Lipinski definition) is 2. The summed E-state index contributed by atoms with van der Waals surface area (Å²) in [6.07, 6.45) is 1.66. The van der Waals surface area contributed by atoms with Crippen molar-refractivity contribution >= 4 is 22.9 Å². The van der Waals surface area contributed by atoms with E-state index in [1.165, 1.54) is 0 Å². The predicted molar refractivity (Wildman–Crippen MR) is 99.7 cm³/mol. The number of aromatic nitrogens is 2. The Morgan fingerprint density at radius 1 is 1.04 bits per heavy atom. The maximum atomic E-state index is 12.3. The molecule has 1 saturated heterocycles. The summed E-state index contributed by atoms with van der Waals surface area (Å²) in [6.45, 7) is 2.20. The van der Waals surface area contributed by atoms with Crippen LogP contribution in [0.1, 0.15) is 23.2 Å². The Hall–Kier alpha value is -3.02. The third-order valence-electron chi connectivity index (χ3n) is 5.38. The smallest absolute Gasteiger partial charge is 0.255 e. The molecule has 2 aromatic carbocycles. The first-order chi connectivity index (χ1) is 12.7. The van der Waals surface area contributed by atoms with Crippen LogP contribution in [0.25, 0.3) is 11.0 Å². The number of imidazole rings is 1. The lowest BCUT2D eigenvalue weighted by Crippen LogP contribution is -2.53. The second-order valence-corrected chi connectivity index (χ2v) is 7.03. The molecule has 2 N–H and O–H groups in total. The van der Waals surface area contributed by atoms with Crippen LogP contribution in [-0.4, -0.2) is 41.1 Å². The molecule has 0 aliphatic carbocycles. The average molecular weight is 348 g/mol. The van der Waals surface area contributed by atoms with Crippen LogP contribution in [0.5, 0.6) is 5.75 Å². The normalized spacial score (nSPS) is 18.9. The fraction of sp³-hybridized carbons (Fsp3) is 0.300. The summed E-state index contributed by atoms with van der Waals surface area (Å²) in [5.41, 5.74) is 2.29. The van der Waals surface area contributed by atoms with Crippen LogP contribution in [0, 0.1) is 0 Å². The zero-order valence-electron chi connectivity index (χ0n) is 14.4. The monoisotopic (exact) mass is 348 g/mol. The summed E-state index contributed by atoms with van der Waals surface area (Å²) < 4.78 is 6.36. The molecule has 1 spiro atoms. The minimum atomic E-state index is -0.356. The van der Waals surface area contributed by atoms with Gasteiger partial charge >= 0.3 is 0 Å². The minimum absolute atomic E-state index is 0.0582. The summed E-state index contributed by atoms with van der Waals surface area (Å²) in [5.74, 6) is 1.52. The van der Waals surface area contributed by atoms with Crippen LogP contribution in [0.2, 0.25) is 0 Å². The Bertz CT molecular complexity index is 940. The number of nitrogens with one attached hydrogen (secondary N) is 2. The van der Waals surface area contributed by atoms with Gasteiger partial charge in [-0.2, -0.15) is 0 Å². The van der Waals surface area contributed by atoms with Crippen molar-refractivity contribution in [3.63, 3.8) is 0 Å². The van der Waals surface area contributed by atoms with Crippen LogP contribution in [-0.2, 0) is 0 Å². The zero-order valence-corrected chi connectivity index (χ0v) is 14.4. The van der Waals surface area contributed by atoms with E-state index in [0.29, 0.717) is 17.9 Å². The summed E-state index contributed by atoms with van der Waals surface area (Å²) in [7, 11) is 0. The van der Waals surface area contributed by atoms with E-state index in [-0.39, 0.29) is 11.5 Å². The molecule has 1 fully saturated rings. The quantitative estimate of drug-likeness (QED) is 0.709. The number of H-pyrrole nitrogens is 1. The molecule has 0 unspecified atom stereocenters. The molecule has 0 bridgehead atoms. The molecule has 132 valence electrons. The number of fused-ring (bicyclic) bond motifs is 2. The van der Waals surface area contributed by atoms with Gasteiger partial charge in [0, 0.05) is 25.9 Å². The highest BCUT2D eigenvalue weighted by Crippen LogP contribution is 2.34. The molecule has 6 heteroatoms. The van der Waals surface area contributed by atoms with E-state index in [1.807, 2.05) is 48.5 Å². The molecule has 3 heterocycles. The van der Waals surface area contributed by atoms with Gasteiger partial charge < -0.3 is 19.9 Å². The Balaban J connectivity index is 1.37. The second kappa shape index (κ2) is 5.76. The first kappa shape index (κ1) is 15.3. The molecule has 2 aliphatic heterocycles. The van der Waals surface area contributed by atoms with Crippen LogP contribution >= 0.6 is 0 Å². The van der Waals surface area contributed by atoms with E-state index in [1.54, 1.807) is 0 Å². The van der Waals surface area contributed by atoms with Crippen molar-refractivity contribution in [2.45, 2.75) is 18.4 Å². The number of rotatable bonds is 1. The van der Waals surface area contributed by atoms with Crippen molar-refractivity contribution in [3.05, 3.63) is 54.1 Å². The highest BCUT2D eigenvalue weighted by molar-refractivity contribution is 5.97. The maximum Gasteiger partial charge on any atom is 0.255 e. The number of piperidine rings is 1. The first-order valence-corrected chi connectivity index (χ1v) is 8.98. The van der Waals surface area contributed by atoms with Crippen LogP contribution < -0.4 is 15.0 Å². The van der Waals surface area contributed by atoms with E-state index in [2.05, 4.69) is 15.2 Å². The number of anilines is 1. The molecule has 1 aromatic heterocycles. The molecule has 2 aliphatic rings. The molecule has 5 rings (SSSR count). The lowest BCUT2D eigenvalue weighted by atomic mass is 9.91. The average Bonchev–Trinajstić information content (AvgIpc) is 3.06. The van der Waals surface area contributed by atoms with Gasteiger partial charge in [-0.05, 0) is 24.3 Å². The number of carbonyl (C=O) groups is 1. The second-order valence-electron chi connectivity index (χ2n) is 7.03. The van der Waals surface area contributed by atoms with Crippen molar-refractivity contribution in [2.24, 2.45) is 0 Å². The molecule has 0 radical (unpaired) electrons. The lowest BCUT2D eigenvalue weighted by molar-refractivity contribution is 0.0471. The fourth-order valence-electron chi connectivity index (χ4n) is 3.84. The van der Waals surface area contributed by atoms with Crippen molar-refractivity contribution in [3.8, 4) is 5.75 Å². The number of amides is 1. The van der Waals surface area contributed by atoms with Gasteiger partial charge in [0.15, 0.2) is 0 Å². The highest BCUT2D eigenvalue weighted by Gasteiger charge is 2.40. The molecular formula is C20H20N4O2. The van der Waals surface area contributed by atoms with E-state index < -0.39 is 0 Å². The van der Waals surface area contributed by atoms with E-state index in [0.717, 1.165) is 42.9 Å². The third kappa shape index (κ3) is 2.49. The van der Waals surface area contributed by atoms with Crippen molar-refractivity contribution < 1.29 is 9.53 Å². The van der Waals surface area contributed by atoms with Crippen molar-refractivity contribution in [2.75, 3.05) is 24.5 Å². The minimum Gasteiger partial charge on any atom is -0.484 e. The van der Waals surface area contributed by atoms with Gasteiger partial charge in [0.2, 0.25) is 5.95 Å². The number of ether oxygens (including phenoxy) is 1. The van der Waals surface area contributed by atoms with Gasteiger partial charge in [-0.25, -0.2) is 4.98 Å². The molecule has 6 nitrogen and oxygen atoms in total. The molecule has 1 amide bonds. The van der Waals surface area contributed by atoms with E-state index in [9.17, 15) is 4.79 Å². The van der Waals surface area contributed by atoms with Gasteiger partial charge in [0.25, 0.3) is 5.91 Å². The standard InChI is InChI=1S/C20H20N4O2/c25-18-14-5-1-4-8-17(14)26-20(13-21-18)9-11-24(12-10-20)19-22-15-6-2-3-7-16(15)23-19/h1-8H,9-13H2,(H,21,25)(H,22,23). The van der Waals surface area contributed by atoms with Crippen molar-refractivity contribution in [1.82, 2.24) is 15.3 Å². The molecule has 0 saturated carbocycles. The zero-order chi connectivity index (χ0) is 17.6. The number of para-hydroxylation sites is 3. The number of carbonyl (C=O) groups excluding carboxylic acids is 1. The van der Waals surface area contributed by atoms with Crippen molar-refractivity contribution in [1.29, 1.82) is 0 Å². The predicted octanol–water partition coefficient (Wildman–Crippen LogP) is 2.72. The summed E-state index contributed by atoms with van der Waals surface area (Å²) >= 11 is 0. The van der Waals surface area contributed by atoms with Gasteiger partial charge in [-0.1, -0.05) is 24.3 Å². The Kier molecular flexibility index (Phi) is 3.38. The first-order valence-electron chi connectivity index (χ1n) is 8.98. The summed E-state index contributed by atoms with van der Waals surface area (Å²) in [4.78, 5) is 22.6. The Morgan fingerprint density at radius 2 is 1.81 bits per heavy atom. The third-order valence-corrected chi connectivity index (χ3v) is 5.38. The SMILES string of the molecule is O=C1NCC2(CCN(c3nc4ccccc4[nH]3)CC2)Oc2ccccc21. The topological polar surface area (TPSA) is 70.2 Å². The molecule has 0 atom stereocenters. The number of benzene rings is 2. The fourth-order valence-corrected chi connectivity index (χ4v) is 3.84. The molecule has 26 heavy (non-hydrogen) atoms. The highest BCUT2D eigenvalue weighted by atomic mass is 16.5. The number of nitrogens with zero attached hydrogens (tertiary/aromatic N) is 2. The number of hydrogen-bond acceptors (Lipinski definition) is 4. The van der Waals surface area contributed by atoms with Crippen LogP contribution in [0.15, 0.2) is 48.5 Å².